The van der Waals surface area contributed by atoms with E-state index in [0.29, 0.717) is 12.1 Å². The molecule has 3 rings (SSSR count). The lowest BCUT2D eigenvalue weighted by atomic mass is 10.1. The van der Waals surface area contributed by atoms with Crippen molar-refractivity contribution in [3.63, 3.8) is 0 Å². The molecule has 0 radical (unpaired) electrons. The summed E-state index contributed by atoms with van der Waals surface area (Å²) in [4.78, 5) is 14.9. The molecule has 1 fully saturated rings. The summed E-state index contributed by atoms with van der Waals surface area (Å²) in [5.41, 5.74) is 1.29. The van der Waals surface area contributed by atoms with Gasteiger partial charge in [-0.25, -0.2) is 0 Å². The topological polar surface area (TPSA) is 44.4 Å². The fourth-order valence-electron chi connectivity index (χ4n) is 3.83. The van der Waals surface area contributed by atoms with Gasteiger partial charge in [0.15, 0.2) is 0 Å². The summed E-state index contributed by atoms with van der Waals surface area (Å²) < 4.78 is 0. The Morgan fingerprint density at radius 2 is 1.85 bits per heavy atom. The SMILES string of the molecule is CC(C)NC(=O)[C@@H]1C[C@@H](NCc2ccc3ccccc3c2)CN1C(C)C. The van der Waals surface area contributed by atoms with Crippen LogP contribution >= 0.6 is 0 Å². The Balaban J connectivity index is 1.63. The molecule has 2 N–H and O–H groups in total. The summed E-state index contributed by atoms with van der Waals surface area (Å²) in [6, 6.07) is 15.9. The van der Waals surface area contributed by atoms with E-state index in [1.165, 1.54) is 16.3 Å². The molecule has 2 aromatic carbocycles. The smallest absolute Gasteiger partial charge is 0.237 e. The summed E-state index contributed by atoms with van der Waals surface area (Å²) in [6.07, 6.45) is 0.865. The van der Waals surface area contributed by atoms with E-state index in [4.69, 9.17) is 0 Å². The van der Waals surface area contributed by atoms with Crippen molar-refractivity contribution < 1.29 is 4.79 Å². The van der Waals surface area contributed by atoms with Gasteiger partial charge in [-0.05, 0) is 56.5 Å². The maximum atomic E-state index is 12.6. The largest absolute Gasteiger partial charge is 0.353 e. The Labute approximate surface area is 157 Å². The van der Waals surface area contributed by atoms with Gasteiger partial charge >= 0.3 is 0 Å². The van der Waals surface area contributed by atoms with Gasteiger partial charge in [-0.3, -0.25) is 9.69 Å². The molecule has 2 aromatic rings. The minimum atomic E-state index is -0.0356. The van der Waals surface area contributed by atoms with Crippen LogP contribution in [0.25, 0.3) is 10.8 Å². The molecule has 0 aliphatic carbocycles. The number of nitrogens with one attached hydrogen (secondary N) is 2. The number of hydrogen-bond acceptors (Lipinski definition) is 3. The summed E-state index contributed by atoms with van der Waals surface area (Å²) in [6.45, 7) is 10.1. The van der Waals surface area contributed by atoms with Crippen LogP contribution in [0.4, 0.5) is 0 Å². The van der Waals surface area contributed by atoms with Crippen molar-refractivity contribution in [2.24, 2.45) is 0 Å². The van der Waals surface area contributed by atoms with Gasteiger partial charge in [-0.15, -0.1) is 0 Å². The molecule has 2 atom stereocenters. The van der Waals surface area contributed by atoms with Crippen LogP contribution in [-0.2, 0) is 11.3 Å². The van der Waals surface area contributed by atoms with Crippen molar-refractivity contribution in [1.82, 2.24) is 15.5 Å². The molecule has 4 nitrogen and oxygen atoms in total. The minimum absolute atomic E-state index is 0.0356. The van der Waals surface area contributed by atoms with Crippen LogP contribution in [0.5, 0.6) is 0 Å². The summed E-state index contributed by atoms with van der Waals surface area (Å²) in [7, 11) is 0. The minimum Gasteiger partial charge on any atom is -0.353 e. The van der Waals surface area contributed by atoms with Gasteiger partial charge in [0.05, 0.1) is 6.04 Å². The zero-order valence-corrected chi connectivity index (χ0v) is 16.3. The zero-order valence-electron chi connectivity index (χ0n) is 16.3. The molecule has 0 aromatic heterocycles. The van der Waals surface area contributed by atoms with Gasteiger partial charge < -0.3 is 10.6 Å². The van der Waals surface area contributed by atoms with Crippen molar-refractivity contribution in [1.29, 1.82) is 0 Å². The van der Waals surface area contributed by atoms with E-state index in [9.17, 15) is 4.79 Å². The van der Waals surface area contributed by atoms with Gasteiger partial charge in [-0.2, -0.15) is 0 Å². The molecule has 0 spiro atoms. The van der Waals surface area contributed by atoms with Gasteiger partial charge in [0.2, 0.25) is 5.91 Å². The fourth-order valence-corrected chi connectivity index (χ4v) is 3.83. The second kappa shape index (κ2) is 8.19. The highest BCUT2D eigenvalue weighted by atomic mass is 16.2. The lowest BCUT2D eigenvalue weighted by Gasteiger charge is -2.27. The Bertz CT molecular complexity index is 756. The molecule has 0 unspecified atom stereocenters. The van der Waals surface area contributed by atoms with Crippen LogP contribution in [-0.4, -0.2) is 41.5 Å². The summed E-state index contributed by atoms with van der Waals surface area (Å²) >= 11 is 0. The lowest BCUT2D eigenvalue weighted by molar-refractivity contribution is -0.126. The number of likely N-dealkylation sites (tertiary alicyclic amines) is 1. The van der Waals surface area contributed by atoms with Gasteiger partial charge in [0.25, 0.3) is 0 Å². The van der Waals surface area contributed by atoms with E-state index >= 15 is 0 Å². The molecular formula is C22H31N3O. The first-order valence-corrected chi connectivity index (χ1v) is 9.71. The predicted octanol–water partition coefficient (Wildman–Crippen LogP) is 3.31. The monoisotopic (exact) mass is 353 g/mol. The Hall–Kier alpha value is -1.91. The zero-order chi connectivity index (χ0) is 18.7. The van der Waals surface area contributed by atoms with Crippen LogP contribution in [0, 0.1) is 0 Å². The Morgan fingerprint density at radius 1 is 1.12 bits per heavy atom. The van der Waals surface area contributed by atoms with Crippen LogP contribution in [0.1, 0.15) is 39.7 Å². The molecule has 0 saturated carbocycles. The third kappa shape index (κ3) is 4.43. The van der Waals surface area contributed by atoms with Crippen LogP contribution in [0.3, 0.4) is 0 Å². The number of carbonyl (C=O) groups excluding carboxylic acids is 1. The first-order valence-electron chi connectivity index (χ1n) is 9.71. The third-order valence-electron chi connectivity index (χ3n) is 5.14. The van der Waals surface area contributed by atoms with E-state index in [1.54, 1.807) is 0 Å². The second-order valence-corrected chi connectivity index (χ2v) is 7.96. The first kappa shape index (κ1) is 18.9. The normalized spacial score (nSPS) is 21.0. The molecule has 1 aliphatic heterocycles. The van der Waals surface area contributed by atoms with Gasteiger partial charge in [0.1, 0.15) is 0 Å². The van der Waals surface area contributed by atoms with Crippen LogP contribution < -0.4 is 10.6 Å². The number of amides is 1. The number of carbonyl (C=O) groups is 1. The highest BCUT2D eigenvalue weighted by Crippen LogP contribution is 2.22. The Morgan fingerprint density at radius 3 is 2.54 bits per heavy atom. The molecule has 140 valence electrons. The quantitative estimate of drug-likeness (QED) is 0.837. The number of benzene rings is 2. The van der Waals surface area contributed by atoms with E-state index in [2.05, 4.69) is 71.8 Å². The van der Waals surface area contributed by atoms with E-state index in [-0.39, 0.29) is 18.0 Å². The molecule has 26 heavy (non-hydrogen) atoms. The third-order valence-corrected chi connectivity index (χ3v) is 5.14. The summed E-state index contributed by atoms with van der Waals surface area (Å²) in [5, 5.41) is 9.29. The average molecular weight is 354 g/mol. The maximum Gasteiger partial charge on any atom is 0.237 e. The second-order valence-electron chi connectivity index (χ2n) is 7.96. The molecule has 1 saturated heterocycles. The standard InChI is InChI=1S/C22H31N3O/c1-15(2)24-22(26)21-12-20(14-25(21)16(3)4)23-13-17-9-10-18-7-5-6-8-19(18)11-17/h5-11,15-16,20-21,23H,12-14H2,1-4H3,(H,24,26)/t20-,21+/m1/s1. The van der Waals surface area contributed by atoms with Gasteiger partial charge in [0, 0.05) is 31.2 Å². The van der Waals surface area contributed by atoms with Crippen molar-refractivity contribution in [2.45, 2.75) is 64.8 Å². The van der Waals surface area contributed by atoms with Crippen molar-refractivity contribution in [3.05, 3.63) is 48.0 Å². The maximum absolute atomic E-state index is 12.6. The van der Waals surface area contributed by atoms with Gasteiger partial charge in [-0.1, -0.05) is 36.4 Å². The number of nitrogens with zero attached hydrogens (tertiary/aromatic N) is 1. The van der Waals surface area contributed by atoms with E-state index in [1.807, 2.05) is 13.8 Å². The molecule has 4 heteroatoms. The van der Waals surface area contributed by atoms with E-state index in [0.717, 1.165) is 19.5 Å². The number of rotatable bonds is 6. The molecule has 1 heterocycles. The first-order chi connectivity index (χ1) is 12.4. The van der Waals surface area contributed by atoms with Crippen LogP contribution in [0.15, 0.2) is 42.5 Å². The highest BCUT2D eigenvalue weighted by molar-refractivity contribution is 5.83. The summed E-state index contributed by atoms with van der Waals surface area (Å²) in [5.74, 6) is 0.156. The van der Waals surface area contributed by atoms with Crippen LogP contribution in [0.2, 0.25) is 0 Å². The molecule has 1 amide bonds. The molecule has 1 aliphatic rings. The predicted molar refractivity (Wildman–Crippen MR) is 108 cm³/mol. The average Bonchev–Trinajstić information content (AvgIpc) is 3.04. The lowest BCUT2D eigenvalue weighted by Crippen LogP contribution is -2.47. The van der Waals surface area contributed by atoms with Crippen molar-refractivity contribution in [3.8, 4) is 0 Å². The van der Waals surface area contributed by atoms with Crippen molar-refractivity contribution >= 4 is 16.7 Å². The van der Waals surface area contributed by atoms with Crippen molar-refractivity contribution in [2.75, 3.05) is 6.54 Å². The molecular weight excluding hydrogens is 322 g/mol. The van der Waals surface area contributed by atoms with E-state index < -0.39 is 0 Å². The number of fused-ring (bicyclic) bond motifs is 1. The molecule has 0 bridgehead atoms. The highest BCUT2D eigenvalue weighted by Gasteiger charge is 2.37. The number of hydrogen-bond donors (Lipinski definition) is 2. The fraction of sp³-hybridized carbons (Fsp3) is 0.500. The Kier molecular flexibility index (Phi) is 5.94.